The van der Waals surface area contributed by atoms with Gasteiger partial charge in [0, 0.05) is 62.1 Å². The summed E-state index contributed by atoms with van der Waals surface area (Å²) >= 11 is 3.23. The lowest BCUT2D eigenvalue weighted by molar-refractivity contribution is 0.0415. The van der Waals surface area contributed by atoms with Gasteiger partial charge in [-0.25, -0.2) is 15.0 Å². The summed E-state index contributed by atoms with van der Waals surface area (Å²) in [5.41, 5.74) is 2.13. The molecule has 1 atom stereocenters. The second-order valence-electron chi connectivity index (χ2n) is 9.41. The molecule has 0 radical (unpaired) electrons. The Morgan fingerprint density at radius 2 is 1.94 bits per heavy atom. The van der Waals surface area contributed by atoms with Gasteiger partial charge < -0.3 is 20.9 Å². The van der Waals surface area contributed by atoms with Crippen LogP contribution in [0.3, 0.4) is 0 Å². The van der Waals surface area contributed by atoms with Crippen molar-refractivity contribution in [1.29, 1.82) is 0 Å². The number of likely N-dealkylation sites (tertiary alicyclic amines) is 1. The SMILES string of the molecule is CSc1cnc(NC[C@H](C)CNc2nc3ccc(C(=O)N4CCC5(CC4)CNC5)cc3s2)nc1. The predicted molar refractivity (Wildman–Crippen MR) is 140 cm³/mol. The van der Waals surface area contributed by atoms with Crippen LogP contribution in [0.4, 0.5) is 11.1 Å². The van der Waals surface area contributed by atoms with Crippen molar-refractivity contribution >= 4 is 50.3 Å². The smallest absolute Gasteiger partial charge is 0.253 e. The highest BCUT2D eigenvalue weighted by atomic mass is 32.2. The monoisotopic (exact) mass is 497 g/mol. The second kappa shape index (κ2) is 10.1. The molecule has 2 saturated heterocycles. The summed E-state index contributed by atoms with van der Waals surface area (Å²) in [6, 6.07) is 5.88. The number of anilines is 2. The van der Waals surface area contributed by atoms with Gasteiger partial charge in [-0.2, -0.15) is 0 Å². The van der Waals surface area contributed by atoms with Crippen LogP contribution in [0.1, 0.15) is 30.1 Å². The molecule has 2 fully saturated rings. The van der Waals surface area contributed by atoms with Crippen LogP contribution in [0, 0.1) is 11.3 Å². The Kier molecular flexibility index (Phi) is 6.89. The molecule has 1 spiro atoms. The van der Waals surface area contributed by atoms with E-state index in [0.717, 1.165) is 77.9 Å². The van der Waals surface area contributed by atoms with Crippen LogP contribution in [0.25, 0.3) is 10.2 Å². The summed E-state index contributed by atoms with van der Waals surface area (Å²) in [6.07, 6.45) is 7.87. The van der Waals surface area contributed by atoms with E-state index < -0.39 is 0 Å². The number of aromatic nitrogens is 3. The quantitative estimate of drug-likeness (QED) is 0.405. The summed E-state index contributed by atoms with van der Waals surface area (Å²) in [7, 11) is 0. The predicted octanol–water partition coefficient (Wildman–Crippen LogP) is 3.79. The van der Waals surface area contributed by atoms with Gasteiger partial charge in [-0.1, -0.05) is 18.3 Å². The van der Waals surface area contributed by atoms with E-state index in [-0.39, 0.29) is 5.91 Å². The van der Waals surface area contributed by atoms with Crippen molar-refractivity contribution in [3.63, 3.8) is 0 Å². The first kappa shape index (κ1) is 23.3. The lowest BCUT2D eigenvalue weighted by Crippen LogP contribution is -2.58. The van der Waals surface area contributed by atoms with Gasteiger partial charge in [0.1, 0.15) is 0 Å². The minimum Gasteiger partial charge on any atom is -0.361 e. The largest absolute Gasteiger partial charge is 0.361 e. The maximum atomic E-state index is 13.1. The third-order valence-corrected chi connectivity index (χ3v) is 8.48. The van der Waals surface area contributed by atoms with Crippen LogP contribution in [0.5, 0.6) is 0 Å². The maximum Gasteiger partial charge on any atom is 0.253 e. The van der Waals surface area contributed by atoms with Gasteiger partial charge in [0.15, 0.2) is 5.13 Å². The number of thiazole rings is 1. The average Bonchev–Trinajstić information content (AvgIpc) is 3.27. The highest BCUT2D eigenvalue weighted by molar-refractivity contribution is 7.98. The normalized spacial score (nSPS) is 18.0. The van der Waals surface area contributed by atoms with Crippen LogP contribution in [-0.2, 0) is 0 Å². The van der Waals surface area contributed by atoms with E-state index in [0.29, 0.717) is 17.3 Å². The number of thioether (sulfide) groups is 1. The van der Waals surface area contributed by atoms with Crippen LogP contribution < -0.4 is 16.0 Å². The minimum atomic E-state index is 0.138. The number of rotatable bonds is 8. The average molecular weight is 498 g/mol. The molecule has 2 aromatic heterocycles. The van der Waals surface area contributed by atoms with Gasteiger partial charge in [-0.15, -0.1) is 11.8 Å². The van der Waals surface area contributed by atoms with E-state index >= 15 is 0 Å². The van der Waals surface area contributed by atoms with Crippen molar-refractivity contribution in [2.75, 3.05) is 56.2 Å². The summed E-state index contributed by atoms with van der Waals surface area (Å²) in [4.78, 5) is 29.5. The number of nitrogens with one attached hydrogen (secondary N) is 3. The van der Waals surface area contributed by atoms with Crippen molar-refractivity contribution < 1.29 is 4.79 Å². The molecule has 0 bridgehead atoms. The van der Waals surface area contributed by atoms with Crippen molar-refractivity contribution in [3.8, 4) is 0 Å². The van der Waals surface area contributed by atoms with E-state index in [1.807, 2.05) is 41.7 Å². The van der Waals surface area contributed by atoms with Gasteiger partial charge in [0.25, 0.3) is 5.91 Å². The molecule has 34 heavy (non-hydrogen) atoms. The van der Waals surface area contributed by atoms with Crippen LogP contribution in [0.2, 0.25) is 0 Å². The van der Waals surface area contributed by atoms with Crippen molar-refractivity contribution in [2.24, 2.45) is 11.3 Å². The second-order valence-corrected chi connectivity index (χ2v) is 11.3. The zero-order valence-corrected chi connectivity index (χ0v) is 21.3. The number of carbonyl (C=O) groups excluding carboxylic acids is 1. The number of benzene rings is 1. The van der Waals surface area contributed by atoms with Crippen LogP contribution in [-0.4, -0.2) is 71.3 Å². The van der Waals surface area contributed by atoms with Crippen LogP contribution in [0.15, 0.2) is 35.5 Å². The summed E-state index contributed by atoms with van der Waals surface area (Å²) in [5.74, 6) is 1.15. The zero-order chi connectivity index (χ0) is 23.5. The molecule has 5 rings (SSSR count). The van der Waals surface area contributed by atoms with Gasteiger partial charge in [0.2, 0.25) is 5.95 Å². The van der Waals surface area contributed by atoms with Crippen molar-refractivity contribution in [3.05, 3.63) is 36.2 Å². The molecule has 4 heterocycles. The van der Waals surface area contributed by atoms with E-state index in [4.69, 9.17) is 4.98 Å². The molecular weight excluding hydrogens is 466 g/mol. The van der Waals surface area contributed by atoms with Gasteiger partial charge >= 0.3 is 0 Å². The molecule has 8 nitrogen and oxygen atoms in total. The molecule has 180 valence electrons. The highest BCUT2D eigenvalue weighted by Crippen LogP contribution is 2.35. The zero-order valence-electron chi connectivity index (χ0n) is 19.6. The molecule has 10 heteroatoms. The lowest BCUT2D eigenvalue weighted by Gasteiger charge is -2.48. The summed E-state index contributed by atoms with van der Waals surface area (Å²) < 4.78 is 1.04. The molecule has 0 aliphatic carbocycles. The number of hydrogen-bond donors (Lipinski definition) is 3. The first-order valence-corrected chi connectivity index (χ1v) is 13.8. The summed E-state index contributed by atoms with van der Waals surface area (Å²) in [6.45, 7) is 7.63. The van der Waals surface area contributed by atoms with Crippen molar-refractivity contribution in [1.82, 2.24) is 25.2 Å². The molecule has 3 N–H and O–H groups in total. The molecule has 0 unspecified atom stereocenters. The van der Waals surface area contributed by atoms with E-state index in [1.165, 1.54) is 0 Å². The Morgan fingerprint density at radius 3 is 2.62 bits per heavy atom. The Labute approximate surface area is 208 Å². The van der Waals surface area contributed by atoms with Crippen molar-refractivity contribution in [2.45, 2.75) is 24.7 Å². The number of carbonyl (C=O) groups is 1. The highest BCUT2D eigenvalue weighted by Gasteiger charge is 2.40. The Balaban J connectivity index is 1.14. The Morgan fingerprint density at radius 1 is 1.21 bits per heavy atom. The van der Waals surface area contributed by atoms with E-state index in [2.05, 4.69) is 32.8 Å². The molecule has 0 saturated carbocycles. The lowest BCUT2D eigenvalue weighted by atomic mass is 9.73. The molecule has 3 aromatic rings. The summed E-state index contributed by atoms with van der Waals surface area (Å²) in [5, 5.41) is 11.0. The molecular formula is C24H31N7OS2. The third kappa shape index (κ3) is 5.13. The fourth-order valence-corrected chi connectivity index (χ4v) is 5.67. The molecule has 1 aromatic carbocycles. The molecule has 2 aliphatic rings. The first-order valence-electron chi connectivity index (χ1n) is 11.8. The molecule has 1 amide bonds. The number of fused-ring (bicyclic) bond motifs is 1. The van der Waals surface area contributed by atoms with Crippen LogP contribution >= 0.6 is 23.1 Å². The van der Waals surface area contributed by atoms with E-state index in [9.17, 15) is 4.79 Å². The first-order chi connectivity index (χ1) is 16.5. The molecule has 2 aliphatic heterocycles. The number of amides is 1. The fraction of sp³-hybridized carbons (Fsp3) is 0.500. The minimum absolute atomic E-state index is 0.138. The third-order valence-electron chi connectivity index (χ3n) is 6.82. The van der Waals surface area contributed by atoms with Gasteiger partial charge in [-0.3, -0.25) is 4.79 Å². The fourth-order valence-electron chi connectivity index (χ4n) is 4.44. The Hall–Kier alpha value is -2.43. The topological polar surface area (TPSA) is 95.1 Å². The number of hydrogen-bond acceptors (Lipinski definition) is 9. The van der Waals surface area contributed by atoms with Gasteiger partial charge in [-0.05, 0) is 48.6 Å². The maximum absolute atomic E-state index is 13.1. The van der Waals surface area contributed by atoms with Gasteiger partial charge in [0.05, 0.1) is 10.2 Å². The van der Waals surface area contributed by atoms with E-state index in [1.54, 1.807) is 23.1 Å². The number of piperidine rings is 1. The Bertz CT molecular complexity index is 1140. The standard InChI is InChI=1S/C24H31N7OS2/c1-16(10-26-22-27-12-18(33-2)13-28-22)11-29-23-30-19-4-3-17(9-20(19)34-23)21(32)31-7-5-24(6-8-31)14-25-15-24/h3-4,9,12-13,16,25H,5-8,10-11,14-15H2,1-2H3,(H,29,30)(H,26,27,28)/t16-/m0/s1. The number of nitrogens with zero attached hydrogens (tertiary/aromatic N) is 4.